The second-order valence-corrected chi connectivity index (χ2v) is 6.03. The summed E-state index contributed by atoms with van der Waals surface area (Å²) in [5, 5.41) is 11.4. The highest BCUT2D eigenvalue weighted by Gasteiger charge is 2.26. The van der Waals surface area contributed by atoms with Crippen LogP contribution in [0.4, 0.5) is 17.1 Å². The van der Waals surface area contributed by atoms with E-state index in [1.54, 1.807) is 6.07 Å². The fraction of sp³-hybridized carbons (Fsp3) is 0.500. The van der Waals surface area contributed by atoms with Crippen molar-refractivity contribution in [3.05, 3.63) is 28.3 Å². The monoisotopic (exact) mass is 267 g/mol. The van der Waals surface area contributed by atoms with Crippen LogP contribution in [-0.4, -0.2) is 28.5 Å². The van der Waals surface area contributed by atoms with Crippen molar-refractivity contribution in [1.29, 1.82) is 0 Å². The molecule has 2 N–H and O–H groups in total. The van der Waals surface area contributed by atoms with Crippen LogP contribution in [0, 0.1) is 10.1 Å². The molecule has 6 heteroatoms. The molecule has 18 heavy (non-hydrogen) atoms. The quantitative estimate of drug-likeness (QED) is 0.506. The van der Waals surface area contributed by atoms with Crippen molar-refractivity contribution < 1.29 is 4.92 Å². The number of rotatable bonds is 2. The zero-order valence-corrected chi connectivity index (χ0v) is 11.3. The molecular weight excluding hydrogens is 250 g/mol. The smallest absolute Gasteiger partial charge is 0.273 e. The molecule has 1 aromatic carbocycles. The summed E-state index contributed by atoms with van der Waals surface area (Å²) in [6.45, 7) is 5.23. The predicted molar refractivity (Wildman–Crippen MR) is 76.2 cm³/mol. The van der Waals surface area contributed by atoms with Gasteiger partial charge < -0.3 is 10.6 Å². The van der Waals surface area contributed by atoms with Crippen LogP contribution in [0.15, 0.2) is 18.2 Å². The molecule has 98 valence electrons. The van der Waals surface area contributed by atoms with Crippen molar-refractivity contribution in [2.24, 2.45) is 0 Å². The van der Waals surface area contributed by atoms with Gasteiger partial charge in [0.15, 0.2) is 0 Å². The highest BCUT2D eigenvalue weighted by Crippen LogP contribution is 2.32. The van der Waals surface area contributed by atoms with E-state index in [-0.39, 0.29) is 5.69 Å². The van der Waals surface area contributed by atoms with Gasteiger partial charge in [-0.2, -0.15) is 11.8 Å². The minimum atomic E-state index is -0.396. The predicted octanol–water partition coefficient (Wildman–Crippen LogP) is 2.51. The van der Waals surface area contributed by atoms with E-state index in [0.29, 0.717) is 17.0 Å². The van der Waals surface area contributed by atoms with Crippen LogP contribution in [0.25, 0.3) is 0 Å². The summed E-state index contributed by atoms with van der Waals surface area (Å²) >= 11 is 1.93. The topological polar surface area (TPSA) is 72.4 Å². The van der Waals surface area contributed by atoms with Crippen LogP contribution in [0.3, 0.4) is 0 Å². The molecule has 0 spiro atoms. The van der Waals surface area contributed by atoms with E-state index in [1.165, 1.54) is 6.07 Å². The van der Waals surface area contributed by atoms with Gasteiger partial charge in [-0.25, -0.2) is 0 Å². The Morgan fingerprint density at radius 3 is 2.83 bits per heavy atom. The number of non-ortho nitro benzene ring substituents is 1. The molecule has 0 saturated carbocycles. The first-order valence-corrected chi connectivity index (χ1v) is 6.97. The fourth-order valence-corrected chi connectivity index (χ4v) is 3.29. The van der Waals surface area contributed by atoms with E-state index in [9.17, 15) is 10.1 Å². The van der Waals surface area contributed by atoms with Crippen molar-refractivity contribution in [3.8, 4) is 0 Å². The maximum Gasteiger partial charge on any atom is 0.273 e. The van der Waals surface area contributed by atoms with E-state index >= 15 is 0 Å². The summed E-state index contributed by atoms with van der Waals surface area (Å²) in [5.41, 5.74) is 7.10. The Hall–Kier alpha value is -1.43. The molecule has 0 aliphatic carbocycles. The van der Waals surface area contributed by atoms with Crippen LogP contribution >= 0.6 is 11.8 Å². The van der Waals surface area contributed by atoms with Gasteiger partial charge in [-0.1, -0.05) is 6.92 Å². The molecule has 0 bridgehead atoms. The van der Waals surface area contributed by atoms with Gasteiger partial charge in [-0.15, -0.1) is 0 Å². The van der Waals surface area contributed by atoms with Crippen LogP contribution < -0.4 is 10.6 Å². The largest absolute Gasteiger partial charge is 0.398 e. The second kappa shape index (κ2) is 5.06. The number of anilines is 2. The van der Waals surface area contributed by atoms with Gasteiger partial charge in [0.25, 0.3) is 5.69 Å². The minimum Gasteiger partial charge on any atom is -0.398 e. The molecular formula is C12H17N3O2S. The number of benzene rings is 1. The number of nitrogen functional groups attached to an aromatic ring is 1. The first-order chi connectivity index (χ1) is 8.49. The van der Waals surface area contributed by atoms with Gasteiger partial charge in [-0.3, -0.25) is 10.1 Å². The Kier molecular flexibility index (Phi) is 3.65. The molecule has 2 unspecified atom stereocenters. The van der Waals surface area contributed by atoms with E-state index in [2.05, 4.69) is 18.7 Å². The molecule has 2 atom stereocenters. The van der Waals surface area contributed by atoms with Crippen molar-refractivity contribution in [2.45, 2.75) is 25.1 Å². The normalized spacial score (nSPS) is 24.0. The molecule has 1 aliphatic heterocycles. The Labute approximate surface area is 110 Å². The van der Waals surface area contributed by atoms with Gasteiger partial charge in [0.2, 0.25) is 0 Å². The average molecular weight is 267 g/mol. The van der Waals surface area contributed by atoms with E-state index in [4.69, 9.17) is 5.73 Å². The molecule has 1 fully saturated rings. The number of nitro groups is 1. The van der Waals surface area contributed by atoms with Crippen molar-refractivity contribution in [3.63, 3.8) is 0 Å². The highest BCUT2D eigenvalue weighted by molar-refractivity contribution is 8.00. The number of nitrogens with two attached hydrogens (primary N) is 1. The van der Waals surface area contributed by atoms with Crippen LogP contribution in [-0.2, 0) is 0 Å². The van der Waals surface area contributed by atoms with E-state index in [1.807, 2.05) is 17.8 Å². The molecule has 5 nitrogen and oxygen atoms in total. The van der Waals surface area contributed by atoms with Crippen LogP contribution in [0.1, 0.15) is 13.8 Å². The Morgan fingerprint density at radius 2 is 2.17 bits per heavy atom. The van der Waals surface area contributed by atoms with Crippen molar-refractivity contribution >= 4 is 28.8 Å². The first-order valence-electron chi connectivity index (χ1n) is 5.92. The lowest BCUT2D eigenvalue weighted by Crippen LogP contribution is -2.44. The van der Waals surface area contributed by atoms with Gasteiger partial charge in [0, 0.05) is 47.1 Å². The molecule has 1 aromatic rings. The summed E-state index contributed by atoms with van der Waals surface area (Å²) < 4.78 is 0. The molecule has 0 radical (unpaired) electrons. The lowest BCUT2D eigenvalue weighted by atomic mass is 10.1. The lowest BCUT2D eigenvalue weighted by Gasteiger charge is -2.39. The van der Waals surface area contributed by atoms with E-state index in [0.717, 1.165) is 18.0 Å². The van der Waals surface area contributed by atoms with Crippen molar-refractivity contribution in [1.82, 2.24) is 0 Å². The standard InChI is InChI=1S/C12H17N3O2S/c1-8-9(2)18-4-3-14(8)11-5-10(13)6-12(7-11)15(16)17/h5-9H,3-4,13H2,1-2H3. The zero-order chi connectivity index (χ0) is 13.3. The summed E-state index contributed by atoms with van der Waals surface area (Å²) in [5.74, 6) is 1.04. The minimum absolute atomic E-state index is 0.0584. The number of nitrogens with zero attached hydrogens (tertiary/aromatic N) is 2. The molecule has 1 saturated heterocycles. The number of nitro benzene ring substituents is 1. The molecule has 1 heterocycles. The summed E-state index contributed by atoms with van der Waals surface area (Å²) in [6.07, 6.45) is 0. The second-order valence-electron chi connectivity index (χ2n) is 4.55. The van der Waals surface area contributed by atoms with Gasteiger partial charge in [0.05, 0.1) is 4.92 Å². The first kappa shape index (κ1) is 13.0. The third kappa shape index (κ3) is 2.53. The summed E-state index contributed by atoms with van der Waals surface area (Å²) in [6, 6.07) is 5.17. The SMILES string of the molecule is CC1SCCN(c2cc(N)cc([N+](=O)[O-])c2)C1C. The fourth-order valence-electron chi connectivity index (χ4n) is 2.19. The van der Waals surface area contributed by atoms with Gasteiger partial charge in [0.1, 0.15) is 0 Å². The molecule has 0 aromatic heterocycles. The highest BCUT2D eigenvalue weighted by atomic mass is 32.2. The third-order valence-electron chi connectivity index (χ3n) is 3.35. The van der Waals surface area contributed by atoms with Crippen LogP contribution in [0.2, 0.25) is 0 Å². The molecule has 0 amide bonds. The molecule has 1 aliphatic rings. The average Bonchev–Trinajstić information content (AvgIpc) is 2.31. The number of thioether (sulfide) groups is 1. The Bertz CT molecular complexity index is 467. The van der Waals surface area contributed by atoms with Gasteiger partial charge >= 0.3 is 0 Å². The van der Waals surface area contributed by atoms with E-state index < -0.39 is 4.92 Å². The third-order valence-corrected chi connectivity index (χ3v) is 4.69. The number of hydrogen-bond donors (Lipinski definition) is 1. The summed E-state index contributed by atoms with van der Waals surface area (Å²) in [4.78, 5) is 12.7. The Morgan fingerprint density at radius 1 is 1.44 bits per heavy atom. The maximum absolute atomic E-state index is 10.9. The van der Waals surface area contributed by atoms with Crippen LogP contribution in [0.5, 0.6) is 0 Å². The Balaban J connectivity index is 2.35. The van der Waals surface area contributed by atoms with Crippen molar-refractivity contribution in [2.75, 3.05) is 22.9 Å². The summed E-state index contributed by atoms with van der Waals surface area (Å²) in [7, 11) is 0. The van der Waals surface area contributed by atoms with Gasteiger partial charge in [-0.05, 0) is 13.0 Å². The lowest BCUT2D eigenvalue weighted by molar-refractivity contribution is -0.384. The molecule has 2 rings (SSSR count). The maximum atomic E-state index is 10.9. The zero-order valence-electron chi connectivity index (χ0n) is 10.5. The number of hydrogen-bond acceptors (Lipinski definition) is 5.